The molecule has 0 radical (unpaired) electrons. The van der Waals surface area contributed by atoms with Gasteiger partial charge in [0.15, 0.2) is 0 Å². The van der Waals surface area contributed by atoms with Gasteiger partial charge in [-0.1, -0.05) is 30.3 Å². The molecule has 146 valence electrons. The number of hydrogen-bond donors (Lipinski definition) is 1. The van der Waals surface area contributed by atoms with E-state index in [2.05, 4.69) is 12.6 Å². The third kappa shape index (κ3) is 4.72. The predicted molar refractivity (Wildman–Crippen MR) is 102 cm³/mol. The van der Waals surface area contributed by atoms with E-state index < -0.39 is 17.9 Å². The maximum Gasteiger partial charge on any atom is 0.340 e. The van der Waals surface area contributed by atoms with Crippen molar-refractivity contribution >= 4 is 23.5 Å². The van der Waals surface area contributed by atoms with E-state index in [0.717, 1.165) is 0 Å². The Balaban J connectivity index is 2.24. The molecule has 1 aliphatic heterocycles. The summed E-state index contributed by atoms with van der Waals surface area (Å²) < 4.78 is 15.4. The van der Waals surface area contributed by atoms with Gasteiger partial charge in [-0.05, 0) is 31.5 Å². The lowest BCUT2D eigenvalue weighted by molar-refractivity contribution is -0.147. The number of carbonyl (C=O) groups is 2. The first-order valence-electron chi connectivity index (χ1n) is 8.29. The van der Waals surface area contributed by atoms with Crippen LogP contribution in [0.15, 0.2) is 59.2 Å². The molecule has 1 aromatic carbocycles. The molecule has 0 saturated carbocycles. The van der Waals surface area contributed by atoms with E-state index in [9.17, 15) is 14.9 Å². The first kappa shape index (κ1) is 21.1. The molecule has 0 aromatic heterocycles. The summed E-state index contributed by atoms with van der Waals surface area (Å²) in [5.74, 6) is -1.97. The molecule has 1 aliphatic rings. The summed E-state index contributed by atoms with van der Waals surface area (Å²) in [4.78, 5) is 24.0. The van der Waals surface area contributed by atoms with Gasteiger partial charge in [0.2, 0.25) is 5.88 Å². The Bertz CT molecular complexity index is 910. The van der Waals surface area contributed by atoms with Gasteiger partial charge in [0.05, 0.1) is 17.6 Å². The first-order valence-corrected chi connectivity index (χ1v) is 8.67. The van der Waals surface area contributed by atoms with Crippen molar-refractivity contribution in [1.29, 1.82) is 5.26 Å². The molecule has 0 bridgehead atoms. The largest absolute Gasteiger partial charge is 0.459 e. The van der Waals surface area contributed by atoms with Gasteiger partial charge in [0.1, 0.15) is 24.5 Å². The highest BCUT2D eigenvalue weighted by Gasteiger charge is 2.36. The summed E-state index contributed by atoms with van der Waals surface area (Å²) in [5, 5.41) is 10.1. The van der Waals surface area contributed by atoms with Crippen LogP contribution in [0.5, 0.6) is 0 Å². The molecular weight excluding hydrogens is 384 g/mol. The molecule has 8 heteroatoms. The van der Waals surface area contributed by atoms with Crippen LogP contribution in [-0.2, 0) is 23.8 Å². The maximum absolute atomic E-state index is 12.6. The zero-order chi connectivity index (χ0) is 20.8. The quantitative estimate of drug-likeness (QED) is 0.442. The van der Waals surface area contributed by atoms with Gasteiger partial charge in [-0.2, -0.15) is 5.26 Å². The van der Waals surface area contributed by atoms with Crippen LogP contribution in [0.25, 0.3) is 0 Å². The Hall–Kier alpha value is -3.24. The highest BCUT2D eigenvalue weighted by atomic mass is 35.5. The van der Waals surface area contributed by atoms with Crippen molar-refractivity contribution in [3.05, 3.63) is 69.8 Å². The van der Waals surface area contributed by atoms with Gasteiger partial charge in [-0.15, -0.1) is 0 Å². The van der Waals surface area contributed by atoms with E-state index in [1.165, 1.54) is 6.92 Å². The molecule has 2 N–H and O–H groups in total. The van der Waals surface area contributed by atoms with Crippen LogP contribution >= 0.6 is 11.6 Å². The van der Waals surface area contributed by atoms with Gasteiger partial charge in [-0.3, -0.25) is 0 Å². The molecule has 0 aliphatic carbocycles. The highest BCUT2D eigenvalue weighted by molar-refractivity contribution is 6.30. The molecule has 1 heterocycles. The minimum absolute atomic E-state index is 0.00398. The second-order valence-corrected chi connectivity index (χ2v) is 6.43. The van der Waals surface area contributed by atoms with Crippen molar-refractivity contribution in [2.24, 2.45) is 5.73 Å². The Morgan fingerprint density at radius 2 is 1.89 bits per heavy atom. The highest BCUT2D eigenvalue weighted by Crippen LogP contribution is 2.39. The zero-order valence-electron chi connectivity index (χ0n) is 15.5. The van der Waals surface area contributed by atoms with Crippen LogP contribution in [0.3, 0.4) is 0 Å². The third-order valence-electron chi connectivity index (χ3n) is 3.93. The number of halogens is 1. The van der Waals surface area contributed by atoms with E-state index in [1.807, 2.05) is 0 Å². The van der Waals surface area contributed by atoms with Gasteiger partial charge < -0.3 is 19.9 Å². The average Bonchev–Trinajstić information content (AvgIpc) is 2.64. The molecular formula is C20H19ClN2O5. The van der Waals surface area contributed by atoms with Crippen LogP contribution in [-0.4, -0.2) is 25.2 Å². The summed E-state index contributed by atoms with van der Waals surface area (Å²) >= 11 is 5.93. The summed E-state index contributed by atoms with van der Waals surface area (Å²) in [6.45, 7) is 6.23. The van der Waals surface area contributed by atoms with E-state index in [1.54, 1.807) is 31.2 Å². The molecule has 0 saturated heterocycles. The van der Waals surface area contributed by atoms with Crippen LogP contribution in [0.4, 0.5) is 0 Å². The maximum atomic E-state index is 12.6. The lowest BCUT2D eigenvalue weighted by atomic mass is 9.83. The van der Waals surface area contributed by atoms with Gasteiger partial charge in [0.25, 0.3) is 0 Å². The van der Waals surface area contributed by atoms with Crippen molar-refractivity contribution in [3.63, 3.8) is 0 Å². The van der Waals surface area contributed by atoms with Crippen molar-refractivity contribution < 1.29 is 23.8 Å². The number of nitrogens with two attached hydrogens (primary N) is 1. The Morgan fingerprint density at radius 3 is 2.46 bits per heavy atom. The molecule has 0 amide bonds. The number of benzene rings is 1. The summed E-state index contributed by atoms with van der Waals surface area (Å²) in [5.41, 5.74) is 7.03. The minimum atomic E-state index is -0.774. The molecule has 0 fully saturated rings. The van der Waals surface area contributed by atoms with Crippen molar-refractivity contribution in [3.8, 4) is 6.07 Å². The fourth-order valence-corrected chi connectivity index (χ4v) is 2.71. The Morgan fingerprint density at radius 1 is 1.29 bits per heavy atom. The number of nitrogens with zero attached hydrogens (tertiary/aromatic N) is 1. The minimum Gasteiger partial charge on any atom is -0.459 e. The van der Waals surface area contributed by atoms with E-state index in [4.69, 9.17) is 31.5 Å². The molecule has 28 heavy (non-hydrogen) atoms. The lowest BCUT2D eigenvalue weighted by Gasteiger charge is -2.26. The van der Waals surface area contributed by atoms with E-state index in [0.29, 0.717) is 16.3 Å². The van der Waals surface area contributed by atoms with E-state index >= 15 is 0 Å². The molecule has 7 nitrogen and oxygen atoms in total. The fourth-order valence-electron chi connectivity index (χ4n) is 2.58. The fraction of sp³-hybridized carbons (Fsp3) is 0.250. The zero-order valence-corrected chi connectivity index (χ0v) is 16.2. The molecule has 0 spiro atoms. The van der Waals surface area contributed by atoms with Gasteiger partial charge >= 0.3 is 11.9 Å². The lowest BCUT2D eigenvalue weighted by Crippen LogP contribution is -2.27. The van der Waals surface area contributed by atoms with Gasteiger partial charge in [0, 0.05) is 10.6 Å². The second-order valence-electron chi connectivity index (χ2n) is 6.00. The number of rotatable bonds is 6. The standard InChI is InChI=1S/C20H19ClN2O5/c1-11(2)19(24)26-8-9-27-20(25)17-16(13-4-6-14(21)7-5-13)15(10-22)12(3)28-18(17)23/h4-7,16H,1,8-9,23H2,2-3H3. The number of nitriles is 1. The number of ether oxygens (including phenoxy) is 3. The number of allylic oxidation sites excluding steroid dienone is 2. The normalized spacial score (nSPS) is 16.1. The van der Waals surface area contributed by atoms with Crippen molar-refractivity contribution in [2.75, 3.05) is 13.2 Å². The van der Waals surface area contributed by atoms with Crippen LogP contribution in [0.2, 0.25) is 5.02 Å². The molecule has 2 rings (SSSR count). The van der Waals surface area contributed by atoms with Crippen LogP contribution in [0.1, 0.15) is 25.3 Å². The summed E-state index contributed by atoms with van der Waals surface area (Å²) in [7, 11) is 0. The van der Waals surface area contributed by atoms with Gasteiger partial charge in [-0.25, -0.2) is 9.59 Å². The molecule has 1 atom stereocenters. The SMILES string of the molecule is C=C(C)C(=O)OCCOC(=O)C1=C(N)OC(C)=C(C#N)C1c1ccc(Cl)cc1. The third-order valence-corrected chi connectivity index (χ3v) is 4.18. The molecule has 1 unspecified atom stereocenters. The summed E-state index contributed by atoms with van der Waals surface area (Å²) in [6, 6.07) is 8.74. The average molecular weight is 403 g/mol. The monoisotopic (exact) mass is 402 g/mol. The number of esters is 2. The second kappa shape index (κ2) is 9.11. The first-order chi connectivity index (χ1) is 13.3. The Labute approximate surface area is 167 Å². The smallest absolute Gasteiger partial charge is 0.340 e. The van der Waals surface area contributed by atoms with Crippen LogP contribution < -0.4 is 5.73 Å². The number of hydrogen-bond acceptors (Lipinski definition) is 7. The van der Waals surface area contributed by atoms with Crippen LogP contribution in [0, 0.1) is 11.3 Å². The van der Waals surface area contributed by atoms with E-state index in [-0.39, 0.29) is 35.8 Å². The topological polar surface area (TPSA) is 112 Å². The molecule has 1 aromatic rings. The Kier molecular flexibility index (Phi) is 6.85. The predicted octanol–water partition coefficient (Wildman–Crippen LogP) is 3.08. The van der Waals surface area contributed by atoms with Crippen molar-refractivity contribution in [2.45, 2.75) is 19.8 Å². The summed E-state index contributed by atoms with van der Waals surface area (Å²) in [6.07, 6.45) is 0. The van der Waals surface area contributed by atoms with Crippen molar-refractivity contribution in [1.82, 2.24) is 0 Å². The number of carbonyl (C=O) groups excluding carboxylic acids is 2.